The van der Waals surface area contributed by atoms with Crippen LogP contribution in [-0.4, -0.2) is 194 Å². The number of rotatable bonds is 16. The molecule has 5 saturated carbocycles. The van der Waals surface area contributed by atoms with Gasteiger partial charge in [-0.3, -0.25) is 48.6 Å². The van der Waals surface area contributed by atoms with E-state index in [1.807, 2.05) is 99.4 Å². The molecule has 7 N–H and O–H groups in total. The molecule has 9 fully saturated rings. The van der Waals surface area contributed by atoms with Gasteiger partial charge in [-0.2, -0.15) is 5.10 Å². The number of nitrogens with zero attached hydrogens (tertiary/aromatic N) is 10. The number of piperidine rings is 4. The first-order valence-electron chi connectivity index (χ1n) is 42.2. The monoisotopic (exact) mass is 1600 g/mol. The molecule has 29 nitrogen and oxygen atoms in total. The Morgan fingerprint density at radius 2 is 0.769 bits per heavy atom. The molecule has 622 valence electrons. The van der Waals surface area contributed by atoms with Gasteiger partial charge in [-0.05, 0) is 238 Å². The lowest BCUT2D eigenvalue weighted by molar-refractivity contribution is 0.0666. The minimum absolute atomic E-state index is 0.0206. The van der Waals surface area contributed by atoms with Crippen molar-refractivity contribution in [3.05, 3.63) is 138 Å². The maximum Gasteiger partial charge on any atom is 0.317 e. The predicted molar refractivity (Wildman–Crippen MR) is 440 cm³/mol. The highest BCUT2D eigenvalue weighted by Gasteiger charge is 2.58. The van der Waals surface area contributed by atoms with Crippen LogP contribution in [0, 0.1) is 65.1 Å². The van der Waals surface area contributed by atoms with E-state index in [4.69, 9.17) is 17.7 Å². The van der Waals surface area contributed by atoms with Gasteiger partial charge in [0.15, 0.2) is 45.4 Å². The normalized spacial score (nSPS) is 21.2. The van der Waals surface area contributed by atoms with E-state index in [0.29, 0.717) is 112 Å². The summed E-state index contributed by atoms with van der Waals surface area (Å²) in [6.45, 7) is 23.5. The topological polar surface area (TPSA) is 356 Å². The fourth-order valence-electron chi connectivity index (χ4n) is 18.9. The lowest BCUT2D eigenvalue weighted by atomic mass is 9.89. The van der Waals surface area contributed by atoms with Gasteiger partial charge in [0.2, 0.25) is 0 Å². The molecule has 0 radical (unpaired) electrons. The Balaban J connectivity index is 0.000000122. The zero-order chi connectivity index (χ0) is 82.0. The van der Waals surface area contributed by atoms with Gasteiger partial charge in [0.25, 0.3) is 29.5 Å². The second-order valence-corrected chi connectivity index (χ2v) is 35.9. The summed E-state index contributed by atoms with van der Waals surface area (Å²) in [4.78, 5) is 124. The molecular weight excluding hydrogens is 1490 g/mol. The Labute approximate surface area is 681 Å². The molecule has 5 aliphatic carbocycles. The SMILES string of the molecule is CC(C)(C)NC(=O)N1CCC2(CC1)CC2CNC(=O)c1cc2ccncc2o1.CC(C)NC(=O)N1CCC2(CC1)CC2CNC(=O)c1cc2ccncc2o1.Cc1nn(C)c(C)c1C(=O)N1CCC2(CC1)CC2CNC(=O)c1cc2ccncc2o1.O=C(NCC1CC12CCN(C(=O)NCC1CCCCC1)CC2)c1cc2ccncc2o1. The lowest BCUT2D eigenvalue weighted by Crippen LogP contribution is -2.51. The van der Waals surface area contributed by atoms with Crippen molar-refractivity contribution in [2.24, 2.45) is 58.3 Å². The Morgan fingerprint density at radius 1 is 0.444 bits per heavy atom. The summed E-state index contributed by atoms with van der Waals surface area (Å²) in [6.07, 6.45) is 32.2. The van der Waals surface area contributed by atoms with Gasteiger partial charge < -0.3 is 74.5 Å². The summed E-state index contributed by atoms with van der Waals surface area (Å²) in [5.41, 5.74) is 5.83. The van der Waals surface area contributed by atoms with Crippen molar-refractivity contribution >= 4 is 91.5 Å². The van der Waals surface area contributed by atoms with Gasteiger partial charge in [0, 0.05) is 156 Å². The molecule has 0 bridgehead atoms. The van der Waals surface area contributed by atoms with E-state index in [1.165, 1.54) is 32.1 Å². The highest BCUT2D eigenvalue weighted by Crippen LogP contribution is 2.62. The number of hydrogen-bond donors (Lipinski definition) is 7. The summed E-state index contributed by atoms with van der Waals surface area (Å²) in [6, 6.07) is 14.7. The predicted octanol–water partition coefficient (Wildman–Crippen LogP) is 12.7. The molecule has 4 atom stereocenters. The number of urea groups is 3. The summed E-state index contributed by atoms with van der Waals surface area (Å²) in [7, 11) is 1.87. The molecule has 4 saturated heterocycles. The van der Waals surface area contributed by atoms with Crippen LogP contribution in [0.3, 0.4) is 0 Å². The average molecular weight is 1600 g/mol. The minimum atomic E-state index is -0.217. The van der Waals surface area contributed by atoms with E-state index < -0.39 is 0 Å². The number of carbonyl (C=O) groups excluding carboxylic acids is 8. The van der Waals surface area contributed by atoms with Crippen molar-refractivity contribution in [1.82, 2.24) is 86.5 Å². The third-order valence-electron chi connectivity index (χ3n) is 26.7. The van der Waals surface area contributed by atoms with E-state index in [0.717, 1.165) is 174 Å². The van der Waals surface area contributed by atoms with Crippen molar-refractivity contribution in [3.8, 4) is 0 Å². The molecule has 0 aromatic carbocycles. The van der Waals surface area contributed by atoms with E-state index in [9.17, 15) is 38.4 Å². The number of furan rings is 4. The third-order valence-corrected chi connectivity index (χ3v) is 26.7. The molecule has 9 aliphatic rings. The number of aryl methyl sites for hydroxylation is 2. The lowest BCUT2D eigenvalue weighted by Gasteiger charge is -2.35. The first-order chi connectivity index (χ1) is 56.2. The quantitative estimate of drug-likeness (QED) is 0.0472. The second kappa shape index (κ2) is 34.0. The van der Waals surface area contributed by atoms with Crippen LogP contribution in [0.25, 0.3) is 43.9 Å². The second-order valence-electron chi connectivity index (χ2n) is 35.9. The van der Waals surface area contributed by atoms with Crippen molar-refractivity contribution in [3.63, 3.8) is 0 Å². The van der Waals surface area contributed by atoms with E-state index >= 15 is 0 Å². The number of pyridine rings is 4. The van der Waals surface area contributed by atoms with Gasteiger partial charge in [0.1, 0.15) is 0 Å². The van der Waals surface area contributed by atoms with Crippen LogP contribution in [0.2, 0.25) is 0 Å². The standard InChI is InChI=1S/C24H32N4O3.C23H27N5O3.C21H28N4O3.C20H26N4O3/c29-22(20-12-18-6-9-25-16-21(18)31-20)26-15-19-13-24(19)7-10-28(11-8-24)23(30)27-14-17-4-2-1-3-5-17;1-14-20(15(2)27(3)26-14)22(30)28-8-5-23(6-9-28)11-17(23)12-25-21(29)18-10-16-4-7-24-13-19(16)31-18;1-20(2,3)24-19(27)25-8-5-21(6-9-25)11-15(21)12-23-18(26)16-10-14-4-7-22-13-17(14)28-16;1-13(2)23-19(26)24-7-4-20(5-8-24)10-15(20)11-22-18(25)16-9-14-3-6-21-12-17(14)27-16/h6,9,12,16-17,19H,1-5,7-8,10-11,13-15H2,(H,26,29)(H,27,30);4,7,10,13,17H,5-6,8-9,11-12H2,1-3H3,(H,25,29);4,7,10,13,15H,5-6,8-9,11-12H2,1-3H3,(H,23,26)(H,24,27);3,6,9,12-13,15H,4-5,7-8,10-11H2,1-2H3,(H,22,25)(H,23,26). The Kier molecular flexibility index (Phi) is 23.6. The van der Waals surface area contributed by atoms with E-state index in [-0.39, 0.29) is 70.0 Å². The maximum atomic E-state index is 13.0. The van der Waals surface area contributed by atoms with Crippen molar-refractivity contribution in [2.75, 3.05) is 85.1 Å². The van der Waals surface area contributed by atoms with E-state index in [1.54, 1.807) is 78.5 Å². The molecule has 4 unspecified atom stereocenters. The number of fused-ring (bicyclic) bond motifs is 4. The third kappa shape index (κ3) is 18.9. The highest BCUT2D eigenvalue weighted by atomic mass is 16.4. The highest BCUT2D eigenvalue weighted by molar-refractivity contribution is 5.99. The molecule has 29 heteroatoms. The molecule has 4 spiro atoms. The summed E-state index contributed by atoms with van der Waals surface area (Å²) in [5, 5.41) is 29.1. The number of likely N-dealkylation sites (tertiary alicyclic amines) is 4. The summed E-state index contributed by atoms with van der Waals surface area (Å²) >= 11 is 0. The summed E-state index contributed by atoms with van der Waals surface area (Å²) in [5.74, 6) is 3.26. The zero-order valence-corrected chi connectivity index (χ0v) is 68.8. The summed E-state index contributed by atoms with van der Waals surface area (Å²) < 4.78 is 24.1. The van der Waals surface area contributed by atoms with Crippen LogP contribution in [0.4, 0.5) is 14.4 Å². The first kappa shape index (κ1) is 81.3. The Bertz CT molecular complexity index is 4970. The van der Waals surface area contributed by atoms with Gasteiger partial charge in [-0.1, -0.05) is 19.3 Å². The number of aromatic nitrogens is 6. The van der Waals surface area contributed by atoms with E-state index in [2.05, 4.69) is 62.3 Å². The van der Waals surface area contributed by atoms with Crippen molar-refractivity contribution in [2.45, 2.75) is 169 Å². The maximum absolute atomic E-state index is 13.0. The van der Waals surface area contributed by atoms with Crippen LogP contribution in [0.5, 0.6) is 0 Å². The number of nitrogens with one attached hydrogen (secondary N) is 7. The molecule has 4 aliphatic heterocycles. The van der Waals surface area contributed by atoms with Gasteiger partial charge >= 0.3 is 18.1 Å². The Hall–Kier alpha value is -10.9. The van der Waals surface area contributed by atoms with Crippen LogP contribution in [0.15, 0.2) is 116 Å². The van der Waals surface area contributed by atoms with Crippen LogP contribution < -0.4 is 37.2 Å². The molecule has 11 amide bonds. The molecule has 18 rings (SSSR count). The number of hydrogen-bond acceptors (Lipinski definition) is 17. The average Bonchev–Trinajstić information content (AvgIpc) is 1.50. The molecule has 9 aromatic heterocycles. The minimum Gasteiger partial charge on any atom is -0.449 e. The van der Waals surface area contributed by atoms with Crippen molar-refractivity contribution in [1.29, 1.82) is 0 Å². The van der Waals surface area contributed by atoms with Crippen LogP contribution >= 0.6 is 0 Å². The molecule has 117 heavy (non-hydrogen) atoms. The fourth-order valence-corrected chi connectivity index (χ4v) is 18.9. The first-order valence-corrected chi connectivity index (χ1v) is 42.2. The van der Waals surface area contributed by atoms with Crippen molar-refractivity contribution < 1.29 is 56.0 Å². The van der Waals surface area contributed by atoms with Crippen LogP contribution in [-0.2, 0) is 7.05 Å². The van der Waals surface area contributed by atoms with Gasteiger partial charge in [0.05, 0.1) is 36.0 Å². The zero-order valence-electron chi connectivity index (χ0n) is 68.8. The largest absolute Gasteiger partial charge is 0.449 e. The van der Waals surface area contributed by atoms with Gasteiger partial charge in [-0.15, -0.1) is 0 Å². The number of amides is 11. The molecule has 13 heterocycles. The fraction of sp³-hybridized carbons (Fsp3) is 0.557. The number of carbonyl (C=O) groups is 8. The molecular formula is C88H113N17O12. The smallest absolute Gasteiger partial charge is 0.317 e. The van der Waals surface area contributed by atoms with Gasteiger partial charge in [-0.25, -0.2) is 14.4 Å². The van der Waals surface area contributed by atoms with Crippen LogP contribution in [0.1, 0.15) is 208 Å². The molecule has 9 aromatic rings. The Morgan fingerprint density at radius 3 is 1.08 bits per heavy atom.